The van der Waals surface area contributed by atoms with E-state index >= 15 is 0 Å². The fourth-order valence-corrected chi connectivity index (χ4v) is 17.1. The first-order valence-corrected chi connectivity index (χ1v) is 26.3. The fourth-order valence-electron chi connectivity index (χ4n) is 12.0. The van der Waals surface area contributed by atoms with Crippen LogP contribution in [0.4, 0.5) is 17.1 Å². The van der Waals surface area contributed by atoms with Crippen LogP contribution in [0, 0.1) is 0 Å². The van der Waals surface area contributed by atoms with Gasteiger partial charge >= 0.3 is 0 Å². The summed E-state index contributed by atoms with van der Waals surface area (Å²) in [6, 6.07) is 102. The van der Waals surface area contributed by atoms with Crippen LogP contribution in [0.2, 0.25) is 0 Å². The van der Waals surface area contributed by atoms with Crippen LogP contribution in [-0.4, -0.2) is 8.07 Å². The number of benzene rings is 13. The highest BCUT2D eigenvalue weighted by Crippen LogP contribution is 2.44. The Morgan fingerprint density at radius 2 is 0.657 bits per heavy atom. The molecule has 2 heteroatoms. The van der Waals surface area contributed by atoms with Crippen molar-refractivity contribution in [1.29, 1.82) is 0 Å². The smallest absolute Gasteiger partial charge is 0.180 e. The summed E-state index contributed by atoms with van der Waals surface area (Å²) < 4.78 is 0. The zero-order valence-corrected chi connectivity index (χ0v) is 39.4. The zero-order valence-electron chi connectivity index (χ0n) is 38.4. The number of anilines is 3. The van der Waals surface area contributed by atoms with E-state index in [0.717, 1.165) is 17.1 Å². The quantitative estimate of drug-likeness (QED) is 0.114. The maximum atomic E-state index is 2.45. The first-order chi connectivity index (χ1) is 34.7. The summed E-state index contributed by atoms with van der Waals surface area (Å²) in [5, 5.41) is 18.4. The Balaban J connectivity index is 0.893. The summed E-state index contributed by atoms with van der Waals surface area (Å²) in [6.45, 7) is 0. The molecule has 0 amide bonds. The highest BCUT2D eigenvalue weighted by Gasteiger charge is 2.48. The van der Waals surface area contributed by atoms with E-state index < -0.39 is 8.07 Å². The molecule has 0 saturated carbocycles. The fraction of sp³-hybridized carbons (Fsp3) is 0. The van der Waals surface area contributed by atoms with Gasteiger partial charge in [0, 0.05) is 16.8 Å². The Labute approximate surface area is 408 Å². The van der Waals surface area contributed by atoms with Crippen molar-refractivity contribution in [2.24, 2.45) is 0 Å². The Bertz CT molecular complexity index is 4090. The normalized spacial score (nSPS) is 12.7. The zero-order chi connectivity index (χ0) is 46.2. The summed E-state index contributed by atoms with van der Waals surface area (Å²) in [6.07, 6.45) is 0. The monoisotopic (exact) mass is 903 g/mol. The van der Waals surface area contributed by atoms with Crippen LogP contribution in [0.15, 0.2) is 273 Å². The summed E-state index contributed by atoms with van der Waals surface area (Å²) in [4.78, 5) is 2.45. The van der Waals surface area contributed by atoms with Crippen LogP contribution in [0.5, 0.6) is 0 Å². The van der Waals surface area contributed by atoms with Gasteiger partial charge in [0.25, 0.3) is 0 Å². The molecule has 0 aliphatic carbocycles. The van der Waals surface area contributed by atoms with E-state index in [1.165, 1.54) is 108 Å². The number of hydrogen-bond donors (Lipinski definition) is 0. The van der Waals surface area contributed by atoms with Crippen LogP contribution in [0.3, 0.4) is 0 Å². The van der Waals surface area contributed by atoms with Gasteiger partial charge in [-0.15, -0.1) is 0 Å². The van der Waals surface area contributed by atoms with E-state index in [1.807, 2.05) is 0 Å². The molecule has 0 bridgehead atoms. The third-order valence-corrected chi connectivity index (χ3v) is 20.0. The second-order valence-corrected chi connectivity index (χ2v) is 22.5. The minimum Gasteiger partial charge on any atom is -0.310 e. The molecule has 0 unspecified atom stereocenters. The lowest BCUT2D eigenvalue weighted by Gasteiger charge is -2.31. The van der Waals surface area contributed by atoms with E-state index in [2.05, 4.69) is 278 Å². The van der Waals surface area contributed by atoms with Gasteiger partial charge in [-0.25, -0.2) is 0 Å². The van der Waals surface area contributed by atoms with Gasteiger partial charge in [-0.1, -0.05) is 231 Å². The highest BCUT2D eigenvalue weighted by molar-refractivity contribution is 7.22. The van der Waals surface area contributed by atoms with Crippen LogP contribution < -0.4 is 25.6 Å². The van der Waals surface area contributed by atoms with E-state index in [1.54, 1.807) is 0 Å². The number of rotatable bonds is 7. The Hall–Kier alpha value is -8.82. The average molecular weight is 904 g/mol. The van der Waals surface area contributed by atoms with E-state index in [0.29, 0.717) is 0 Å². The van der Waals surface area contributed by atoms with Crippen molar-refractivity contribution in [2.75, 3.05) is 4.90 Å². The molecule has 0 N–H and O–H groups in total. The molecule has 1 aliphatic heterocycles. The number of hydrogen-bond acceptors (Lipinski definition) is 1. The van der Waals surface area contributed by atoms with Crippen molar-refractivity contribution in [3.05, 3.63) is 273 Å². The molecule has 13 aromatic rings. The first kappa shape index (κ1) is 40.3. The van der Waals surface area contributed by atoms with Gasteiger partial charge in [0.2, 0.25) is 0 Å². The largest absolute Gasteiger partial charge is 0.310 e. The van der Waals surface area contributed by atoms with Gasteiger partial charge in [0.15, 0.2) is 8.07 Å². The van der Waals surface area contributed by atoms with E-state index in [9.17, 15) is 0 Å². The molecule has 14 rings (SSSR count). The molecule has 0 aromatic heterocycles. The molecular weight excluding hydrogens is 859 g/mol. The highest BCUT2D eigenvalue weighted by atomic mass is 28.3. The molecule has 0 fully saturated rings. The van der Waals surface area contributed by atoms with Crippen molar-refractivity contribution in [3.63, 3.8) is 0 Å². The van der Waals surface area contributed by atoms with Gasteiger partial charge < -0.3 is 4.90 Å². The number of fused-ring (bicyclic) bond motifs is 12. The van der Waals surface area contributed by atoms with Crippen molar-refractivity contribution < 1.29 is 0 Å². The molecule has 1 aliphatic rings. The minimum atomic E-state index is -2.56. The molecule has 13 aromatic carbocycles. The van der Waals surface area contributed by atoms with E-state index in [-0.39, 0.29) is 0 Å². The van der Waals surface area contributed by atoms with Crippen molar-refractivity contribution in [2.45, 2.75) is 0 Å². The Morgan fingerprint density at radius 1 is 0.243 bits per heavy atom. The predicted molar refractivity (Wildman–Crippen MR) is 302 cm³/mol. The van der Waals surface area contributed by atoms with Crippen LogP contribution in [-0.2, 0) is 0 Å². The molecule has 1 heterocycles. The molecule has 0 spiro atoms. The lowest BCUT2D eigenvalue weighted by molar-refractivity contribution is 1.30. The van der Waals surface area contributed by atoms with Crippen molar-refractivity contribution in [1.82, 2.24) is 0 Å². The van der Waals surface area contributed by atoms with Gasteiger partial charge in [0.1, 0.15) is 0 Å². The van der Waals surface area contributed by atoms with Gasteiger partial charge in [0.05, 0.1) is 5.69 Å². The second-order valence-electron chi connectivity index (χ2n) is 18.7. The standard InChI is InChI=1S/C68H45NSi/c1-3-18-53(19-4-1)70(54-20-5-2-6-21-54)67-30-16-15-29-63(67)65-44-49(36-42-68(65)70)47-33-39-52(40-34-47)69(66-45-50-17-7-8-22-55(50)56-23-13-14-28-62(56)66)51-37-31-46(32-38-51)48-35-41-61-59-26-10-9-24-57(59)58-25-11-12-27-60(58)64(61)43-48/h1-45H. The molecule has 0 atom stereocenters. The molecule has 326 valence electrons. The summed E-state index contributed by atoms with van der Waals surface area (Å²) in [7, 11) is -2.56. The van der Waals surface area contributed by atoms with Gasteiger partial charge in [-0.2, -0.15) is 0 Å². The van der Waals surface area contributed by atoms with E-state index in [4.69, 9.17) is 0 Å². The van der Waals surface area contributed by atoms with Crippen LogP contribution in [0.1, 0.15) is 0 Å². The number of nitrogens with zero attached hydrogens (tertiary/aromatic N) is 1. The lowest BCUT2D eigenvalue weighted by Crippen LogP contribution is -2.72. The van der Waals surface area contributed by atoms with Gasteiger partial charge in [-0.3, -0.25) is 0 Å². The maximum absolute atomic E-state index is 2.56. The van der Waals surface area contributed by atoms with Crippen molar-refractivity contribution in [3.8, 4) is 33.4 Å². The predicted octanol–water partition coefficient (Wildman–Crippen LogP) is 15.6. The molecule has 0 saturated heterocycles. The third kappa shape index (κ3) is 6.17. The van der Waals surface area contributed by atoms with Crippen LogP contribution in [0.25, 0.3) is 87.2 Å². The average Bonchev–Trinajstić information content (AvgIpc) is 3.74. The molecular formula is C68H45NSi. The minimum absolute atomic E-state index is 1.10. The molecule has 70 heavy (non-hydrogen) atoms. The first-order valence-electron chi connectivity index (χ1n) is 24.3. The summed E-state index contributed by atoms with van der Waals surface area (Å²) in [5.74, 6) is 0. The Morgan fingerprint density at radius 3 is 1.26 bits per heavy atom. The third-order valence-electron chi connectivity index (χ3n) is 15.1. The summed E-state index contributed by atoms with van der Waals surface area (Å²) in [5.41, 5.74) is 10.8. The molecule has 1 nitrogen and oxygen atoms in total. The lowest BCUT2D eigenvalue weighted by atomic mass is 9.92. The SMILES string of the molecule is c1ccc([Si]2(c3ccccc3)c3ccccc3-c3cc(-c4ccc(N(c5ccc(-c6ccc7c8ccccc8c8ccccc8c7c6)cc5)c5cc6ccccc6c6ccccc56)cc4)ccc32)cc1. The summed E-state index contributed by atoms with van der Waals surface area (Å²) >= 11 is 0. The second kappa shape index (κ2) is 16.2. The van der Waals surface area contributed by atoms with Crippen LogP contribution >= 0.6 is 0 Å². The topological polar surface area (TPSA) is 3.24 Å². The molecule has 0 radical (unpaired) electrons. The van der Waals surface area contributed by atoms with Crippen molar-refractivity contribution >= 4 is 99.7 Å². The Kier molecular flexibility index (Phi) is 9.30. The van der Waals surface area contributed by atoms with Gasteiger partial charge in [-0.05, 0) is 145 Å². The maximum Gasteiger partial charge on any atom is 0.180 e.